The number of aromatic amines is 1. The summed E-state index contributed by atoms with van der Waals surface area (Å²) in [6.45, 7) is 0.0969. The Morgan fingerprint density at radius 3 is 2.76 bits per heavy atom. The van der Waals surface area contributed by atoms with Gasteiger partial charge in [-0.3, -0.25) is 14.3 Å². The molecule has 38 heavy (non-hydrogen) atoms. The normalized spacial score (nSPS) is 12.7. The second kappa shape index (κ2) is 9.89. The number of carbonyl (C=O) groups is 2. The molecule has 0 bridgehead atoms. The zero-order chi connectivity index (χ0) is 26.9. The maximum Gasteiger partial charge on any atom is 0.272 e. The molecule has 2 amide bonds. The molecule has 0 saturated carbocycles. The lowest BCUT2D eigenvalue weighted by molar-refractivity contribution is -0.118. The highest BCUT2D eigenvalue weighted by Gasteiger charge is 2.24. The number of carbonyl (C=O) groups excluding carboxylic acids is 2. The number of nitrogens with one attached hydrogen (secondary N) is 4. The molecule has 4 aromatic rings. The van der Waals surface area contributed by atoms with Gasteiger partial charge < -0.3 is 29.8 Å². The van der Waals surface area contributed by atoms with Crippen molar-refractivity contribution in [2.45, 2.75) is 11.4 Å². The Morgan fingerprint density at radius 1 is 1.13 bits per heavy atom. The SMILES string of the molecule is COc1ccc(S(=O)(=O)Nc2c[nH]c3c(C(=O)NCc4ccc5c(c4)NC(=O)CO5)ncnc23)c(OC)c1. The second-order valence-corrected chi connectivity index (χ2v) is 9.77. The Labute approximate surface area is 216 Å². The van der Waals surface area contributed by atoms with Gasteiger partial charge in [0, 0.05) is 18.8 Å². The molecule has 0 saturated heterocycles. The van der Waals surface area contributed by atoms with Crippen molar-refractivity contribution in [2.24, 2.45) is 0 Å². The zero-order valence-corrected chi connectivity index (χ0v) is 21.0. The summed E-state index contributed by atoms with van der Waals surface area (Å²) in [7, 11) is -1.27. The number of sulfonamides is 1. The predicted molar refractivity (Wildman–Crippen MR) is 136 cm³/mol. The van der Waals surface area contributed by atoms with Gasteiger partial charge in [-0.2, -0.15) is 0 Å². The number of amides is 2. The Hall–Kier alpha value is -4.85. The molecule has 14 heteroatoms. The summed E-state index contributed by atoms with van der Waals surface area (Å²) in [5, 5.41) is 5.48. The van der Waals surface area contributed by atoms with E-state index in [0.717, 1.165) is 5.56 Å². The standard InChI is InChI=1S/C24H22N6O7S/c1-35-14-4-6-19(18(8-14)36-2)38(33,34)30-16-10-25-22-21(16)27-12-28-23(22)24(32)26-9-13-3-5-17-15(7-13)29-20(31)11-37-17/h3-8,10,12,25,30H,9,11H2,1-2H3,(H,26,32)(H,29,31). The van der Waals surface area contributed by atoms with Crippen molar-refractivity contribution in [3.05, 3.63) is 60.2 Å². The smallest absolute Gasteiger partial charge is 0.272 e. The van der Waals surface area contributed by atoms with Crippen LogP contribution in [0.1, 0.15) is 16.1 Å². The van der Waals surface area contributed by atoms with Gasteiger partial charge in [0.05, 0.1) is 31.1 Å². The van der Waals surface area contributed by atoms with Gasteiger partial charge in [0.25, 0.3) is 21.8 Å². The monoisotopic (exact) mass is 538 g/mol. The zero-order valence-electron chi connectivity index (χ0n) is 20.2. The molecule has 4 N–H and O–H groups in total. The van der Waals surface area contributed by atoms with Gasteiger partial charge in [-0.1, -0.05) is 6.07 Å². The third-order valence-electron chi connectivity index (χ3n) is 5.71. The van der Waals surface area contributed by atoms with E-state index in [2.05, 4.69) is 30.3 Å². The number of fused-ring (bicyclic) bond motifs is 2. The average Bonchev–Trinajstić information content (AvgIpc) is 3.33. The first-order valence-electron chi connectivity index (χ1n) is 11.2. The highest BCUT2D eigenvalue weighted by molar-refractivity contribution is 7.92. The molecule has 1 aliphatic rings. The number of aromatic nitrogens is 3. The van der Waals surface area contributed by atoms with Gasteiger partial charge in [0.15, 0.2) is 12.3 Å². The number of ether oxygens (including phenoxy) is 3. The minimum Gasteiger partial charge on any atom is -0.497 e. The van der Waals surface area contributed by atoms with E-state index in [0.29, 0.717) is 17.2 Å². The van der Waals surface area contributed by atoms with E-state index >= 15 is 0 Å². The molecule has 2 aromatic carbocycles. The van der Waals surface area contributed by atoms with Crippen LogP contribution in [0, 0.1) is 0 Å². The van der Waals surface area contributed by atoms with Crippen molar-refractivity contribution in [3.8, 4) is 17.2 Å². The van der Waals surface area contributed by atoms with Crippen LogP contribution in [0.25, 0.3) is 11.0 Å². The third-order valence-corrected chi connectivity index (χ3v) is 7.12. The largest absolute Gasteiger partial charge is 0.497 e. The molecular weight excluding hydrogens is 516 g/mol. The van der Waals surface area contributed by atoms with Gasteiger partial charge >= 0.3 is 0 Å². The minimum atomic E-state index is -4.09. The summed E-state index contributed by atoms with van der Waals surface area (Å²) >= 11 is 0. The highest BCUT2D eigenvalue weighted by atomic mass is 32.2. The van der Waals surface area contributed by atoms with Crippen LogP contribution in [0.3, 0.4) is 0 Å². The molecule has 0 unspecified atom stereocenters. The Bertz CT molecular complexity index is 1670. The molecule has 13 nitrogen and oxygen atoms in total. The molecule has 1 aliphatic heterocycles. The van der Waals surface area contributed by atoms with Gasteiger partial charge in [0.1, 0.15) is 34.0 Å². The second-order valence-electron chi connectivity index (χ2n) is 8.12. The molecule has 5 rings (SSSR count). The van der Waals surface area contributed by atoms with E-state index in [1.165, 1.54) is 44.9 Å². The summed E-state index contributed by atoms with van der Waals surface area (Å²) in [5.41, 5.74) is 1.84. The van der Waals surface area contributed by atoms with Gasteiger partial charge in [-0.25, -0.2) is 18.4 Å². The summed E-state index contributed by atoms with van der Waals surface area (Å²) in [4.78, 5) is 35.5. The lowest BCUT2D eigenvalue weighted by Gasteiger charge is -2.18. The number of nitrogens with zero attached hydrogens (tertiary/aromatic N) is 2. The van der Waals surface area contributed by atoms with Crippen LogP contribution < -0.4 is 29.6 Å². The molecule has 0 aliphatic carbocycles. The van der Waals surface area contributed by atoms with E-state index < -0.39 is 15.9 Å². The molecule has 0 atom stereocenters. The fraction of sp³-hybridized carbons (Fsp3) is 0.167. The van der Waals surface area contributed by atoms with Crippen LogP contribution in [0.2, 0.25) is 0 Å². The predicted octanol–water partition coefficient (Wildman–Crippen LogP) is 2.04. The van der Waals surface area contributed by atoms with Crippen molar-refractivity contribution < 1.29 is 32.2 Å². The Balaban J connectivity index is 1.36. The van der Waals surface area contributed by atoms with E-state index in [1.807, 2.05) is 0 Å². The van der Waals surface area contributed by atoms with Crippen molar-refractivity contribution in [2.75, 3.05) is 30.9 Å². The minimum absolute atomic E-state index is 0.0251. The first-order valence-corrected chi connectivity index (χ1v) is 12.7. The number of methoxy groups -OCH3 is 2. The van der Waals surface area contributed by atoms with Crippen LogP contribution in [-0.2, 0) is 21.4 Å². The number of H-pyrrole nitrogens is 1. The van der Waals surface area contributed by atoms with Crippen molar-refractivity contribution in [1.82, 2.24) is 20.3 Å². The van der Waals surface area contributed by atoms with Crippen LogP contribution >= 0.6 is 0 Å². The quantitative estimate of drug-likeness (QED) is 0.262. The fourth-order valence-corrected chi connectivity index (χ4v) is 5.10. The molecule has 0 spiro atoms. The number of anilines is 2. The molecule has 196 valence electrons. The fourth-order valence-electron chi connectivity index (χ4n) is 3.89. The summed E-state index contributed by atoms with van der Waals surface area (Å²) in [6, 6.07) is 9.50. The molecule has 0 radical (unpaired) electrons. The van der Waals surface area contributed by atoms with Gasteiger partial charge in [-0.15, -0.1) is 0 Å². The first-order chi connectivity index (χ1) is 18.3. The maximum atomic E-state index is 13.1. The lowest BCUT2D eigenvalue weighted by Crippen LogP contribution is -2.26. The molecule has 2 aromatic heterocycles. The van der Waals surface area contributed by atoms with Crippen LogP contribution in [0.5, 0.6) is 17.2 Å². The van der Waals surface area contributed by atoms with Crippen molar-refractivity contribution in [1.29, 1.82) is 0 Å². The number of hydrogen-bond acceptors (Lipinski definition) is 9. The summed E-state index contributed by atoms with van der Waals surface area (Å²) in [5.74, 6) is 0.310. The maximum absolute atomic E-state index is 13.1. The number of hydrogen-bond donors (Lipinski definition) is 4. The van der Waals surface area contributed by atoms with E-state index in [9.17, 15) is 18.0 Å². The first kappa shape index (κ1) is 24.8. The van der Waals surface area contributed by atoms with Gasteiger partial charge in [-0.05, 0) is 29.8 Å². The van der Waals surface area contributed by atoms with Crippen molar-refractivity contribution >= 4 is 44.2 Å². The Kier molecular flexibility index (Phi) is 6.46. The summed E-state index contributed by atoms with van der Waals surface area (Å²) in [6.07, 6.45) is 2.55. The van der Waals surface area contributed by atoms with Crippen molar-refractivity contribution in [3.63, 3.8) is 0 Å². The van der Waals surface area contributed by atoms with Crippen LogP contribution in [-0.4, -0.2) is 56.0 Å². The lowest BCUT2D eigenvalue weighted by atomic mass is 10.1. The number of benzene rings is 2. The Morgan fingerprint density at radius 2 is 1.97 bits per heavy atom. The van der Waals surface area contributed by atoms with E-state index in [4.69, 9.17) is 14.2 Å². The summed E-state index contributed by atoms with van der Waals surface area (Å²) < 4.78 is 44.4. The topological polar surface area (TPSA) is 174 Å². The number of rotatable bonds is 8. The average molecular weight is 539 g/mol. The van der Waals surface area contributed by atoms with E-state index in [1.54, 1.807) is 18.2 Å². The van der Waals surface area contributed by atoms with E-state index in [-0.39, 0.29) is 52.1 Å². The molecular formula is C24H22N6O7S. The van der Waals surface area contributed by atoms with Crippen LogP contribution in [0.4, 0.5) is 11.4 Å². The molecule has 3 heterocycles. The van der Waals surface area contributed by atoms with Gasteiger partial charge in [0.2, 0.25) is 0 Å². The molecule has 0 fully saturated rings. The third kappa shape index (κ3) is 4.76. The van der Waals surface area contributed by atoms with Crippen LogP contribution in [0.15, 0.2) is 53.8 Å². The highest BCUT2D eigenvalue weighted by Crippen LogP contribution is 2.32.